The van der Waals surface area contributed by atoms with Gasteiger partial charge >= 0.3 is 0 Å². The fraction of sp³-hybridized carbons (Fsp3) is 0.167. The second-order valence-corrected chi connectivity index (χ2v) is 3.77. The Kier molecular flexibility index (Phi) is 3.09. The third kappa shape index (κ3) is 2.84. The number of hydrogen-bond donors (Lipinski definition) is 3. The number of nitrogens with two attached hydrogens (primary N) is 1. The van der Waals surface area contributed by atoms with Gasteiger partial charge in [-0.1, -0.05) is 6.07 Å². The quantitative estimate of drug-likeness (QED) is 0.552. The number of aryl methyl sites for hydroxylation is 1. The predicted octanol–water partition coefficient (Wildman–Crippen LogP) is 1.68. The second kappa shape index (κ2) is 4.69. The van der Waals surface area contributed by atoms with Crippen molar-refractivity contribution in [3.8, 4) is 5.75 Å². The molecule has 17 heavy (non-hydrogen) atoms. The van der Waals surface area contributed by atoms with Crippen molar-refractivity contribution in [1.29, 1.82) is 0 Å². The van der Waals surface area contributed by atoms with Crippen LogP contribution < -0.4 is 11.1 Å². The van der Waals surface area contributed by atoms with Gasteiger partial charge in [0.15, 0.2) is 0 Å². The number of nitrogens with one attached hydrogen (secondary N) is 1. The first kappa shape index (κ1) is 11.2. The van der Waals surface area contributed by atoms with Gasteiger partial charge in [0.1, 0.15) is 5.75 Å². The van der Waals surface area contributed by atoms with E-state index < -0.39 is 0 Å². The van der Waals surface area contributed by atoms with Crippen LogP contribution in [-0.2, 0) is 6.54 Å². The molecule has 0 fully saturated rings. The Labute approximate surface area is 99.3 Å². The van der Waals surface area contributed by atoms with Crippen LogP contribution in [0.1, 0.15) is 11.3 Å². The van der Waals surface area contributed by atoms with E-state index in [0.29, 0.717) is 18.2 Å². The molecule has 5 nitrogen and oxygen atoms in total. The highest BCUT2D eigenvalue weighted by atomic mass is 16.3. The van der Waals surface area contributed by atoms with Gasteiger partial charge in [0, 0.05) is 18.4 Å². The average molecular weight is 230 g/mol. The number of nitrogen functional groups attached to an aromatic ring is 1. The van der Waals surface area contributed by atoms with Gasteiger partial charge in [-0.15, -0.1) is 0 Å². The number of hydrogen-bond acceptors (Lipinski definition) is 5. The molecule has 0 saturated heterocycles. The zero-order valence-corrected chi connectivity index (χ0v) is 9.51. The number of benzene rings is 1. The Bertz CT molecular complexity index is 528. The van der Waals surface area contributed by atoms with Crippen molar-refractivity contribution in [1.82, 2.24) is 9.97 Å². The van der Waals surface area contributed by atoms with Crippen LogP contribution in [0.2, 0.25) is 0 Å². The van der Waals surface area contributed by atoms with Crippen molar-refractivity contribution in [2.24, 2.45) is 0 Å². The number of phenolic OH excluding ortho intramolecular Hbond substituents is 1. The summed E-state index contributed by atoms with van der Waals surface area (Å²) in [7, 11) is 0. The molecule has 5 heteroatoms. The van der Waals surface area contributed by atoms with Gasteiger partial charge < -0.3 is 16.2 Å². The van der Waals surface area contributed by atoms with E-state index in [1.165, 1.54) is 0 Å². The zero-order valence-electron chi connectivity index (χ0n) is 9.51. The molecule has 0 saturated carbocycles. The van der Waals surface area contributed by atoms with Crippen LogP contribution in [0, 0.1) is 6.92 Å². The highest BCUT2D eigenvalue weighted by Gasteiger charge is 2.00. The minimum Gasteiger partial charge on any atom is -0.506 e. The molecule has 0 aliphatic carbocycles. The summed E-state index contributed by atoms with van der Waals surface area (Å²) in [4.78, 5) is 8.30. The fourth-order valence-corrected chi connectivity index (χ4v) is 1.41. The van der Waals surface area contributed by atoms with E-state index in [-0.39, 0.29) is 5.75 Å². The maximum atomic E-state index is 9.46. The molecule has 0 bridgehead atoms. The molecule has 0 unspecified atom stereocenters. The topological polar surface area (TPSA) is 84.1 Å². The van der Waals surface area contributed by atoms with Gasteiger partial charge in [-0.3, -0.25) is 0 Å². The van der Waals surface area contributed by atoms with E-state index >= 15 is 0 Å². The summed E-state index contributed by atoms with van der Waals surface area (Å²) >= 11 is 0. The molecular weight excluding hydrogens is 216 g/mol. The second-order valence-electron chi connectivity index (χ2n) is 3.77. The van der Waals surface area contributed by atoms with Crippen LogP contribution in [0.25, 0.3) is 0 Å². The molecule has 0 atom stereocenters. The number of rotatable bonds is 3. The number of nitrogens with zero attached hydrogens (tertiary/aromatic N) is 2. The molecule has 0 radical (unpaired) electrons. The highest BCUT2D eigenvalue weighted by Crippen LogP contribution is 2.20. The smallest absolute Gasteiger partial charge is 0.223 e. The SMILES string of the molecule is Cc1ccnc(NCc2ccc(N)c(O)c2)n1. The summed E-state index contributed by atoms with van der Waals surface area (Å²) in [6.07, 6.45) is 1.70. The first-order valence-electron chi connectivity index (χ1n) is 5.26. The van der Waals surface area contributed by atoms with E-state index in [1.54, 1.807) is 18.3 Å². The summed E-state index contributed by atoms with van der Waals surface area (Å²) in [5, 5.41) is 12.5. The Morgan fingerprint density at radius 1 is 1.35 bits per heavy atom. The standard InChI is InChI=1S/C12H14N4O/c1-8-4-5-14-12(16-8)15-7-9-2-3-10(13)11(17)6-9/h2-6,17H,7,13H2,1H3,(H,14,15,16). The van der Waals surface area contributed by atoms with Crippen LogP contribution in [-0.4, -0.2) is 15.1 Å². The van der Waals surface area contributed by atoms with Gasteiger partial charge in [0.2, 0.25) is 5.95 Å². The molecule has 1 aromatic heterocycles. The van der Waals surface area contributed by atoms with Crippen molar-refractivity contribution in [2.45, 2.75) is 13.5 Å². The third-order valence-corrected chi connectivity index (χ3v) is 2.34. The lowest BCUT2D eigenvalue weighted by molar-refractivity contribution is 0.477. The third-order valence-electron chi connectivity index (χ3n) is 2.34. The van der Waals surface area contributed by atoms with Gasteiger partial charge in [-0.05, 0) is 30.7 Å². The van der Waals surface area contributed by atoms with Crippen molar-refractivity contribution in [3.63, 3.8) is 0 Å². The summed E-state index contributed by atoms with van der Waals surface area (Å²) in [6.45, 7) is 2.44. The first-order valence-corrected chi connectivity index (χ1v) is 5.26. The summed E-state index contributed by atoms with van der Waals surface area (Å²) in [5.41, 5.74) is 7.72. The number of aromatic nitrogens is 2. The maximum absolute atomic E-state index is 9.46. The van der Waals surface area contributed by atoms with E-state index in [2.05, 4.69) is 15.3 Å². The molecule has 2 rings (SSSR count). The largest absolute Gasteiger partial charge is 0.506 e. The predicted molar refractivity (Wildman–Crippen MR) is 66.6 cm³/mol. The van der Waals surface area contributed by atoms with Crippen molar-refractivity contribution >= 4 is 11.6 Å². The number of anilines is 2. The van der Waals surface area contributed by atoms with Crippen LogP contribution in [0.5, 0.6) is 5.75 Å². The molecule has 0 aliphatic heterocycles. The van der Waals surface area contributed by atoms with E-state index in [0.717, 1.165) is 11.3 Å². The van der Waals surface area contributed by atoms with Crippen molar-refractivity contribution in [2.75, 3.05) is 11.1 Å². The minimum atomic E-state index is 0.0921. The van der Waals surface area contributed by atoms with Gasteiger partial charge in [-0.2, -0.15) is 0 Å². The Hall–Kier alpha value is -2.30. The zero-order chi connectivity index (χ0) is 12.3. The Morgan fingerprint density at radius 3 is 2.88 bits per heavy atom. The van der Waals surface area contributed by atoms with Gasteiger partial charge in [-0.25, -0.2) is 9.97 Å². The Balaban J connectivity index is 2.05. The minimum absolute atomic E-state index is 0.0921. The summed E-state index contributed by atoms with van der Waals surface area (Å²) in [6, 6.07) is 6.97. The summed E-state index contributed by atoms with van der Waals surface area (Å²) < 4.78 is 0. The highest BCUT2D eigenvalue weighted by molar-refractivity contribution is 5.53. The van der Waals surface area contributed by atoms with Crippen LogP contribution in [0.4, 0.5) is 11.6 Å². The lowest BCUT2D eigenvalue weighted by atomic mass is 10.2. The molecule has 88 valence electrons. The van der Waals surface area contributed by atoms with Crippen molar-refractivity contribution in [3.05, 3.63) is 41.7 Å². The number of aromatic hydroxyl groups is 1. The number of phenols is 1. The monoisotopic (exact) mass is 230 g/mol. The van der Waals surface area contributed by atoms with Gasteiger partial charge in [0.05, 0.1) is 5.69 Å². The average Bonchev–Trinajstić information content (AvgIpc) is 2.31. The van der Waals surface area contributed by atoms with E-state index in [4.69, 9.17) is 5.73 Å². The van der Waals surface area contributed by atoms with E-state index in [9.17, 15) is 5.11 Å². The molecule has 2 aromatic rings. The van der Waals surface area contributed by atoms with Crippen LogP contribution in [0.15, 0.2) is 30.5 Å². The lowest BCUT2D eigenvalue weighted by Crippen LogP contribution is -2.04. The molecule has 1 aromatic carbocycles. The maximum Gasteiger partial charge on any atom is 0.223 e. The fourth-order valence-electron chi connectivity index (χ4n) is 1.41. The first-order chi connectivity index (χ1) is 8.15. The van der Waals surface area contributed by atoms with E-state index in [1.807, 2.05) is 19.1 Å². The van der Waals surface area contributed by atoms with Crippen molar-refractivity contribution < 1.29 is 5.11 Å². The molecule has 0 aliphatic rings. The van der Waals surface area contributed by atoms with Crippen LogP contribution >= 0.6 is 0 Å². The Morgan fingerprint density at radius 2 is 2.18 bits per heavy atom. The molecule has 0 spiro atoms. The lowest BCUT2D eigenvalue weighted by Gasteiger charge is -2.06. The van der Waals surface area contributed by atoms with Gasteiger partial charge in [0.25, 0.3) is 0 Å². The normalized spacial score (nSPS) is 10.2. The van der Waals surface area contributed by atoms with Crippen LogP contribution in [0.3, 0.4) is 0 Å². The molecule has 0 amide bonds. The molecule has 1 heterocycles. The molecular formula is C12H14N4O. The summed E-state index contributed by atoms with van der Waals surface area (Å²) in [5.74, 6) is 0.663. The molecule has 4 N–H and O–H groups in total.